The summed E-state index contributed by atoms with van der Waals surface area (Å²) in [5.74, 6) is -0.165. The Bertz CT molecular complexity index is 945. The Morgan fingerprint density at radius 2 is 1.97 bits per heavy atom. The number of carbonyl (C=O) groups is 2. The Balaban J connectivity index is 1.62. The van der Waals surface area contributed by atoms with Gasteiger partial charge in [-0.2, -0.15) is 0 Å². The SMILES string of the molecule is Cc1ccc(NCC2C(=O)CC(Cl)[C@@H]2Cc2cccc(CCC(=O)OCCO)c2)c(C)c1. The number of rotatable bonds is 10. The number of anilines is 1. The first kappa shape index (κ1) is 24.3. The van der Waals surface area contributed by atoms with Gasteiger partial charge in [0.15, 0.2) is 0 Å². The summed E-state index contributed by atoms with van der Waals surface area (Å²) < 4.78 is 4.92. The molecule has 2 aromatic carbocycles. The Kier molecular flexibility index (Phi) is 8.71. The van der Waals surface area contributed by atoms with Crippen LogP contribution in [0.3, 0.4) is 0 Å². The summed E-state index contributed by atoms with van der Waals surface area (Å²) in [6.07, 6.45) is 1.97. The maximum atomic E-state index is 12.7. The fourth-order valence-corrected chi connectivity index (χ4v) is 4.83. The summed E-state index contributed by atoms with van der Waals surface area (Å²) in [5, 5.41) is 12.0. The van der Waals surface area contributed by atoms with E-state index in [2.05, 4.69) is 49.5 Å². The van der Waals surface area contributed by atoms with Gasteiger partial charge in [0.1, 0.15) is 12.4 Å². The van der Waals surface area contributed by atoms with Gasteiger partial charge in [-0.25, -0.2) is 0 Å². The first-order valence-corrected chi connectivity index (χ1v) is 11.6. The standard InChI is InChI=1S/C26H32ClNO4/c1-17-6-8-24(18(2)12-17)28-16-22-21(23(27)15-25(22)30)14-20-5-3-4-19(13-20)7-9-26(31)32-11-10-29/h3-6,8,12-13,21-23,28-29H,7,9-11,14-16H2,1-2H3/t21-,22?,23?/m1/s1. The molecule has 1 aliphatic carbocycles. The minimum absolute atomic E-state index is 0.0310. The van der Waals surface area contributed by atoms with Crippen molar-refractivity contribution in [2.75, 3.05) is 25.1 Å². The topological polar surface area (TPSA) is 75.6 Å². The van der Waals surface area contributed by atoms with Crippen molar-refractivity contribution in [2.24, 2.45) is 11.8 Å². The number of carbonyl (C=O) groups excluding carboxylic acids is 2. The molecule has 0 spiro atoms. The first-order valence-electron chi connectivity index (χ1n) is 11.2. The van der Waals surface area contributed by atoms with Crippen molar-refractivity contribution in [2.45, 2.75) is 44.9 Å². The van der Waals surface area contributed by atoms with E-state index >= 15 is 0 Å². The molecule has 32 heavy (non-hydrogen) atoms. The average Bonchev–Trinajstić information content (AvgIpc) is 3.02. The summed E-state index contributed by atoms with van der Waals surface area (Å²) in [6.45, 7) is 4.58. The molecule has 0 amide bonds. The van der Waals surface area contributed by atoms with Crippen LogP contribution in [0.4, 0.5) is 5.69 Å². The van der Waals surface area contributed by atoms with Crippen LogP contribution in [0.25, 0.3) is 0 Å². The van der Waals surface area contributed by atoms with Gasteiger partial charge in [-0.3, -0.25) is 9.59 Å². The number of aliphatic hydroxyl groups excluding tert-OH is 1. The highest BCUT2D eigenvalue weighted by atomic mass is 35.5. The van der Waals surface area contributed by atoms with Crippen molar-refractivity contribution in [1.82, 2.24) is 0 Å². The molecular formula is C26H32ClNO4. The lowest BCUT2D eigenvalue weighted by molar-refractivity contribution is -0.144. The Labute approximate surface area is 195 Å². The summed E-state index contributed by atoms with van der Waals surface area (Å²) in [6, 6.07) is 14.4. The summed E-state index contributed by atoms with van der Waals surface area (Å²) in [4.78, 5) is 24.4. The largest absolute Gasteiger partial charge is 0.463 e. The van der Waals surface area contributed by atoms with Crippen LogP contribution in [0, 0.1) is 25.7 Å². The van der Waals surface area contributed by atoms with Gasteiger partial charge in [-0.05, 0) is 55.4 Å². The molecule has 0 aliphatic heterocycles. The van der Waals surface area contributed by atoms with Gasteiger partial charge in [0, 0.05) is 36.4 Å². The second-order valence-electron chi connectivity index (χ2n) is 8.62. The number of ether oxygens (including phenoxy) is 1. The molecule has 2 unspecified atom stereocenters. The Morgan fingerprint density at radius 3 is 2.72 bits per heavy atom. The van der Waals surface area contributed by atoms with Gasteiger partial charge >= 0.3 is 5.97 Å². The molecule has 0 radical (unpaired) electrons. The molecule has 1 aliphatic rings. The number of halogens is 1. The second-order valence-corrected chi connectivity index (χ2v) is 9.18. The highest BCUT2D eigenvalue weighted by Crippen LogP contribution is 2.36. The first-order chi connectivity index (χ1) is 15.4. The van der Waals surface area contributed by atoms with Gasteiger partial charge in [-0.15, -0.1) is 11.6 Å². The van der Waals surface area contributed by atoms with E-state index in [-0.39, 0.29) is 48.6 Å². The van der Waals surface area contributed by atoms with E-state index in [1.54, 1.807) is 0 Å². The molecule has 0 bridgehead atoms. The molecular weight excluding hydrogens is 426 g/mol. The van der Waals surface area contributed by atoms with Crippen molar-refractivity contribution in [3.05, 3.63) is 64.7 Å². The van der Waals surface area contributed by atoms with Crippen LogP contribution < -0.4 is 5.32 Å². The minimum atomic E-state index is -0.316. The number of aryl methyl sites for hydroxylation is 3. The van der Waals surface area contributed by atoms with E-state index in [1.165, 1.54) is 11.1 Å². The third kappa shape index (κ3) is 6.57. The quantitative estimate of drug-likeness (QED) is 0.412. The van der Waals surface area contributed by atoms with Crippen LogP contribution in [0.2, 0.25) is 0 Å². The predicted molar refractivity (Wildman–Crippen MR) is 127 cm³/mol. The number of ketones is 1. The molecule has 2 N–H and O–H groups in total. The molecule has 2 aromatic rings. The number of esters is 1. The zero-order chi connectivity index (χ0) is 23.1. The van der Waals surface area contributed by atoms with E-state index in [9.17, 15) is 9.59 Å². The molecule has 3 atom stereocenters. The monoisotopic (exact) mass is 457 g/mol. The van der Waals surface area contributed by atoms with Crippen molar-refractivity contribution < 1.29 is 19.4 Å². The summed E-state index contributed by atoms with van der Waals surface area (Å²) >= 11 is 6.61. The van der Waals surface area contributed by atoms with Gasteiger partial charge in [0.05, 0.1) is 6.61 Å². The maximum absolute atomic E-state index is 12.7. The normalized spacial score (nSPS) is 20.4. The van der Waals surface area contributed by atoms with E-state index in [1.807, 2.05) is 12.1 Å². The molecule has 6 heteroatoms. The van der Waals surface area contributed by atoms with Gasteiger partial charge < -0.3 is 15.2 Å². The highest BCUT2D eigenvalue weighted by Gasteiger charge is 2.41. The van der Waals surface area contributed by atoms with Crippen molar-refractivity contribution in [1.29, 1.82) is 0 Å². The third-order valence-corrected chi connectivity index (χ3v) is 6.60. The van der Waals surface area contributed by atoms with Crippen molar-refractivity contribution in [3.8, 4) is 0 Å². The summed E-state index contributed by atoms with van der Waals surface area (Å²) in [5.41, 5.74) is 5.59. The van der Waals surface area contributed by atoms with Gasteiger partial charge in [-0.1, -0.05) is 42.0 Å². The molecule has 5 nitrogen and oxygen atoms in total. The van der Waals surface area contributed by atoms with E-state index in [0.29, 0.717) is 19.4 Å². The number of alkyl halides is 1. The van der Waals surface area contributed by atoms with Crippen LogP contribution in [-0.4, -0.2) is 42.0 Å². The highest BCUT2D eigenvalue weighted by molar-refractivity contribution is 6.23. The number of benzene rings is 2. The zero-order valence-corrected chi connectivity index (χ0v) is 19.5. The zero-order valence-electron chi connectivity index (χ0n) is 18.8. The number of nitrogens with one attached hydrogen (secondary N) is 1. The second kappa shape index (κ2) is 11.5. The van der Waals surface area contributed by atoms with Crippen LogP contribution in [0.5, 0.6) is 0 Å². The number of hydrogen-bond donors (Lipinski definition) is 2. The smallest absolute Gasteiger partial charge is 0.306 e. The number of hydrogen-bond acceptors (Lipinski definition) is 5. The van der Waals surface area contributed by atoms with Crippen LogP contribution >= 0.6 is 11.6 Å². The molecule has 0 aromatic heterocycles. The fourth-order valence-electron chi connectivity index (χ4n) is 4.42. The lowest BCUT2D eigenvalue weighted by Gasteiger charge is -2.22. The molecule has 3 rings (SSSR count). The van der Waals surface area contributed by atoms with Crippen molar-refractivity contribution >= 4 is 29.0 Å². The number of Topliss-reactive ketones (excluding diaryl/α,β-unsaturated/α-hetero) is 1. The van der Waals surface area contributed by atoms with Gasteiger partial charge in [0.25, 0.3) is 0 Å². The minimum Gasteiger partial charge on any atom is -0.463 e. The van der Waals surface area contributed by atoms with Crippen molar-refractivity contribution in [3.63, 3.8) is 0 Å². The Hall–Kier alpha value is -2.37. The lowest BCUT2D eigenvalue weighted by atomic mass is 9.88. The van der Waals surface area contributed by atoms with Crippen LogP contribution in [0.1, 0.15) is 35.1 Å². The van der Waals surface area contributed by atoms with E-state index in [4.69, 9.17) is 21.4 Å². The predicted octanol–water partition coefficient (Wildman–Crippen LogP) is 4.24. The lowest BCUT2D eigenvalue weighted by Crippen LogP contribution is -2.27. The maximum Gasteiger partial charge on any atom is 0.306 e. The molecule has 0 saturated heterocycles. The summed E-state index contributed by atoms with van der Waals surface area (Å²) in [7, 11) is 0. The third-order valence-electron chi connectivity index (χ3n) is 6.12. The average molecular weight is 458 g/mol. The van der Waals surface area contributed by atoms with E-state index in [0.717, 1.165) is 23.2 Å². The fraction of sp³-hybridized carbons (Fsp3) is 0.462. The van der Waals surface area contributed by atoms with Gasteiger partial charge in [0.2, 0.25) is 0 Å². The molecule has 0 heterocycles. The molecule has 1 fully saturated rings. The van der Waals surface area contributed by atoms with Crippen LogP contribution in [-0.2, 0) is 27.2 Å². The molecule has 172 valence electrons. The van der Waals surface area contributed by atoms with Crippen LogP contribution in [0.15, 0.2) is 42.5 Å². The molecule has 1 saturated carbocycles. The number of aliphatic hydroxyl groups is 1. The van der Waals surface area contributed by atoms with E-state index < -0.39 is 0 Å². The Morgan fingerprint density at radius 1 is 1.19 bits per heavy atom.